The number of nitrogens with two attached hydrogens (primary N) is 1. The molecule has 0 saturated carbocycles. The summed E-state index contributed by atoms with van der Waals surface area (Å²) in [6.07, 6.45) is 0. The molecule has 0 atom stereocenters. The van der Waals surface area contributed by atoms with Crippen molar-refractivity contribution in [2.75, 3.05) is 30.0 Å². The Labute approximate surface area is 124 Å². The highest BCUT2D eigenvalue weighted by Gasteiger charge is 2.12. The summed E-state index contributed by atoms with van der Waals surface area (Å²) in [5.74, 6) is -0.343. The van der Waals surface area contributed by atoms with Crippen molar-refractivity contribution >= 4 is 23.0 Å². The lowest BCUT2D eigenvalue weighted by atomic mass is 10.1. The molecule has 21 heavy (non-hydrogen) atoms. The average molecular weight is 285 g/mol. The van der Waals surface area contributed by atoms with Crippen LogP contribution in [0.1, 0.15) is 15.9 Å². The molecule has 0 saturated heterocycles. The predicted octanol–water partition coefficient (Wildman–Crippen LogP) is 2.60. The van der Waals surface area contributed by atoms with Crippen LogP contribution in [0.2, 0.25) is 0 Å². The maximum atomic E-state index is 12.2. The van der Waals surface area contributed by atoms with Gasteiger partial charge in [-0.15, -0.1) is 0 Å². The van der Waals surface area contributed by atoms with Gasteiger partial charge in [0, 0.05) is 31.2 Å². The van der Waals surface area contributed by atoms with Gasteiger partial charge in [-0.1, -0.05) is 6.07 Å². The van der Waals surface area contributed by atoms with E-state index in [2.05, 4.69) is 5.32 Å². The Morgan fingerprint density at radius 3 is 2.57 bits per heavy atom. The van der Waals surface area contributed by atoms with Crippen LogP contribution in [0.25, 0.3) is 0 Å². The van der Waals surface area contributed by atoms with Crippen molar-refractivity contribution in [1.29, 1.82) is 0 Å². The van der Waals surface area contributed by atoms with Gasteiger partial charge in [0.05, 0.1) is 5.56 Å². The van der Waals surface area contributed by atoms with E-state index in [0.717, 1.165) is 11.3 Å². The number of hydrogen-bond acceptors (Lipinski definition) is 4. The molecule has 0 aliphatic heterocycles. The quantitative estimate of drug-likeness (QED) is 0.598. The predicted molar refractivity (Wildman–Crippen MR) is 86.0 cm³/mol. The lowest BCUT2D eigenvalue weighted by molar-refractivity contribution is 0.102. The molecule has 2 aromatic carbocycles. The topological polar surface area (TPSA) is 78.6 Å². The summed E-state index contributed by atoms with van der Waals surface area (Å²) in [5, 5.41) is 12.3. The van der Waals surface area contributed by atoms with E-state index in [-0.39, 0.29) is 17.2 Å². The highest BCUT2D eigenvalue weighted by Crippen LogP contribution is 2.24. The fourth-order valence-electron chi connectivity index (χ4n) is 2.11. The maximum Gasteiger partial charge on any atom is 0.257 e. The molecule has 0 fully saturated rings. The molecule has 0 aliphatic carbocycles. The van der Waals surface area contributed by atoms with Crippen LogP contribution in [0.5, 0.6) is 5.75 Å². The third kappa shape index (κ3) is 3.25. The molecular weight excluding hydrogens is 266 g/mol. The maximum absolute atomic E-state index is 12.2. The number of aromatic hydroxyl groups is 1. The van der Waals surface area contributed by atoms with E-state index in [1.165, 1.54) is 18.2 Å². The molecule has 4 N–H and O–H groups in total. The van der Waals surface area contributed by atoms with E-state index in [1.807, 2.05) is 44.1 Å². The number of aryl methyl sites for hydroxylation is 1. The van der Waals surface area contributed by atoms with Crippen LogP contribution in [0, 0.1) is 6.92 Å². The second-order valence-electron chi connectivity index (χ2n) is 5.12. The Kier molecular flexibility index (Phi) is 4.03. The molecule has 0 unspecified atom stereocenters. The fraction of sp³-hybridized carbons (Fsp3) is 0.188. The molecule has 5 nitrogen and oxygen atoms in total. The second kappa shape index (κ2) is 5.75. The molecule has 0 radical (unpaired) electrons. The first-order valence-corrected chi connectivity index (χ1v) is 6.56. The second-order valence-corrected chi connectivity index (χ2v) is 5.12. The molecule has 0 spiro atoms. The summed E-state index contributed by atoms with van der Waals surface area (Å²) < 4.78 is 0. The number of nitrogens with one attached hydrogen (secondary N) is 1. The van der Waals surface area contributed by atoms with Crippen molar-refractivity contribution in [3.63, 3.8) is 0 Å². The normalized spacial score (nSPS) is 10.2. The van der Waals surface area contributed by atoms with E-state index >= 15 is 0 Å². The Morgan fingerprint density at radius 1 is 1.19 bits per heavy atom. The molecular formula is C16H19N3O2. The van der Waals surface area contributed by atoms with Crippen LogP contribution in [0.15, 0.2) is 36.4 Å². The standard InChI is InChI=1S/C16H19N3O2/c1-10-4-5-11(8-15(10)19(2)3)18-16(21)13-9-12(20)6-7-14(13)17/h4-9,20H,17H2,1-3H3,(H,18,21). The molecule has 2 rings (SSSR count). The largest absolute Gasteiger partial charge is 0.508 e. The third-order valence-electron chi connectivity index (χ3n) is 3.23. The molecule has 110 valence electrons. The Balaban J connectivity index is 2.27. The summed E-state index contributed by atoms with van der Waals surface area (Å²) in [4.78, 5) is 14.2. The molecule has 5 heteroatoms. The van der Waals surface area contributed by atoms with Crippen molar-refractivity contribution in [2.45, 2.75) is 6.92 Å². The smallest absolute Gasteiger partial charge is 0.257 e. The summed E-state index contributed by atoms with van der Waals surface area (Å²) in [6.45, 7) is 2.01. The van der Waals surface area contributed by atoms with Gasteiger partial charge >= 0.3 is 0 Å². The number of carbonyl (C=O) groups excluding carboxylic acids is 1. The fourth-order valence-corrected chi connectivity index (χ4v) is 2.11. The molecule has 1 amide bonds. The van der Waals surface area contributed by atoms with E-state index < -0.39 is 0 Å². The lowest BCUT2D eigenvalue weighted by Crippen LogP contribution is -2.15. The minimum absolute atomic E-state index is 0.00670. The SMILES string of the molecule is Cc1ccc(NC(=O)c2cc(O)ccc2N)cc1N(C)C. The zero-order valence-corrected chi connectivity index (χ0v) is 12.3. The first-order chi connectivity index (χ1) is 9.88. The zero-order valence-electron chi connectivity index (χ0n) is 12.3. The number of carbonyl (C=O) groups is 1. The van der Waals surface area contributed by atoms with Crippen LogP contribution in [-0.2, 0) is 0 Å². The Bertz CT molecular complexity index is 681. The van der Waals surface area contributed by atoms with E-state index in [4.69, 9.17) is 5.73 Å². The summed E-state index contributed by atoms with van der Waals surface area (Å²) in [6, 6.07) is 9.97. The van der Waals surface area contributed by atoms with Crippen LogP contribution in [-0.4, -0.2) is 25.1 Å². The number of phenolic OH excluding ortho intramolecular Hbond substituents is 1. The van der Waals surface area contributed by atoms with Crippen molar-refractivity contribution in [2.24, 2.45) is 0 Å². The van der Waals surface area contributed by atoms with E-state index in [9.17, 15) is 9.90 Å². The Morgan fingerprint density at radius 2 is 1.90 bits per heavy atom. The van der Waals surface area contributed by atoms with E-state index in [1.54, 1.807) is 0 Å². The highest BCUT2D eigenvalue weighted by atomic mass is 16.3. The monoisotopic (exact) mass is 285 g/mol. The number of benzene rings is 2. The summed E-state index contributed by atoms with van der Waals surface area (Å²) in [5.41, 5.74) is 9.16. The van der Waals surface area contributed by atoms with Gasteiger partial charge in [-0.3, -0.25) is 4.79 Å². The van der Waals surface area contributed by atoms with Gasteiger partial charge in [0.15, 0.2) is 0 Å². The van der Waals surface area contributed by atoms with Crippen molar-refractivity contribution in [1.82, 2.24) is 0 Å². The van der Waals surface area contributed by atoms with Crippen LogP contribution in [0.4, 0.5) is 17.1 Å². The van der Waals surface area contributed by atoms with Gasteiger partial charge < -0.3 is 21.1 Å². The first-order valence-electron chi connectivity index (χ1n) is 6.56. The van der Waals surface area contributed by atoms with Gasteiger partial charge in [0.2, 0.25) is 0 Å². The number of nitrogen functional groups attached to an aromatic ring is 1. The molecule has 0 bridgehead atoms. The number of nitrogens with zero attached hydrogens (tertiary/aromatic N) is 1. The minimum Gasteiger partial charge on any atom is -0.508 e. The van der Waals surface area contributed by atoms with Crippen molar-refractivity contribution < 1.29 is 9.90 Å². The molecule has 0 aliphatic rings. The van der Waals surface area contributed by atoms with Crippen LogP contribution >= 0.6 is 0 Å². The first kappa shape index (κ1) is 14.7. The summed E-state index contributed by atoms with van der Waals surface area (Å²) in [7, 11) is 3.89. The van der Waals surface area contributed by atoms with Crippen LogP contribution < -0.4 is 16.0 Å². The highest BCUT2D eigenvalue weighted by molar-refractivity contribution is 6.08. The van der Waals surface area contributed by atoms with E-state index in [0.29, 0.717) is 11.4 Å². The molecule has 0 aromatic heterocycles. The van der Waals surface area contributed by atoms with Crippen molar-refractivity contribution in [3.8, 4) is 5.75 Å². The number of anilines is 3. The van der Waals surface area contributed by atoms with Gasteiger partial charge in [-0.2, -0.15) is 0 Å². The van der Waals surface area contributed by atoms with Gasteiger partial charge in [0.1, 0.15) is 5.75 Å². The summed E-state index contributed by atoms with van der Waals surface area (Å²) >= 11 is 0. The Hall–Kier alpha value is -2.69. The van der Waals surface area contributed by atoms with Crippen LogP contribution in [0.3, 0.4) is 0 Å². The zero-order chi connectivity index (χ0) is 15.6. The molecule has 0 heterocycles. The van der Waals surface area contributed by atoms with Gasteiger partial charge in [-0.05, 0) is 42.8 Å². The number of amides is 1. The number of phenols is 1. The minimum atomic E-state index is -0.350. The van der Waals surface area contributed by atoms with Crippen molar-refractivity contribution in [3.05, 3.63) is 47.5 Å². The molecule has 2 aromatic rings. The van der Waals surface area contributed by atoms with Gasteiger partial charge in [-0.25, -0.2) is 0 Å². The average Bonchev–Trinajstić information content (AvgIpc) is 2.43. The van der Waals surface area contributed by atoms with Gasteiger partial charge in [0.25, 0.3) is 5.91 Å². The third-order valence-corrected chi connectivity index (χ3v) is 3.23. The number of rotatable bonds is 3. The number of hydrogen-bond donors (Lipinski definition) is 3. The lowest BCUT2D eigenvalue weighted by Gasteiger charge is -2.17.